The largest absolute Gasteiger partial charge is 0.337 e. The Kier molecular flexibility index (Phi) is 5.21. The Morgan fingerprint density at radius 2 is 2.17 bits per heavy atom. The molecule has 2 heterocycles. The highest BCUT2D eigenvalue weighted by Gasteiger charge is 2.29. The quantitative estimate of drug-likeness (QED) is 0.889. The molecule has 126 valence electrons. The number of carbonyl (C=O) groups is 2. The molecule has 4 nitrogen and oxygen atoms in total. The van der Waals surface area contributed by atoms with Gasteiger partial charge >= 0.3 is 0 Å². The van der Waals surface area contributed by atoms with Gasteiger partial charge in [0.15, 0.2) is 0 Å². The maximum absolute atomic E-state index is 12.6. The number of carbonyl (C=O) groups excluding carboxylic acids is 2. The lowest BCUT2D eigenvalue weighted by Crippen LogP contribution is -2.43. The van der Waals surface area contributed by atoms with Crippen LogP contribution in [0.4, 0.5) is 5.69 Å². The molecule has 1 aromatic carbocycles. The van der Waals surface area contributed by atoms with Crippen LogP contribution in [0.1, 0.15) is 28.1 Å². The third-order valence-electron chi connectivity index (χ3n) is 4.19. The van der Waals surface area contributed by atoms with Crippen LogP contribution in [0.2, 0.25) is 5.02 Å². The van der Waals surface area contributed by atoms with E-state index >= 15 is 0 Å². The number of nitrogens with zero attached hydrogens (tertiary/aromatic N) is 1. The molecule has 3 rings (SSSR count). The Labute approximate surface area is 150 Å². The lowest BCUT2D eigenvalue weighted by atomic mass is 9.96. The molecule has 24 heavy (non-hydrogen) atoms. The van der Waals surface area contributed by atoms with Crippen molar-refractivity contribution in [1.29, 1.82) is 0 Å². The molecule has 2 aromatic rings. The monoisotopic (exact) mass is 362 g/mol. The van der Waals surface area contributed by atoms with Gasteiger partial charge in [-0.2, -0.15) is 0 Å². The van der Waals surface area contributed by atoms with Gasteiger partial charge in [0, 0.05) is 13.1 Å². The fraction of sp³-hybridized carbons (Fsp3) is 0.333. The van der Waals surface area contributed by atoms with Crippen molar-refractivity contribution in [2.75, 3.05) is 18.4 Å². The van der Waals surface area contributed by atoms with Gasteiger partial charge in [-0.1, -0.05) is 23.7 Å². The van der Waals surface area contributed by atoms with E-state index in [9.17, 15) is 9.59 Å². The van der Waals surface area contributed by atoms with E-state index in [0.29, 0.717) is 23.8 Å². The highest BCUT2D eigenvalue weighted by molar-refractivity contribution is 7.12. The second kappa shape index (κ2) is 7.36. The van der Waals surface area contributed by atoms with Gasteiger partial charge < -0.3 is 10.2 Å². The third kappa shape index (κ3) is 3.79. The number of likely N-dealkylation sites (tertiary alicyclic amines) is 1. The van der Waals surface area contributed by atoms with E-state index in [1.807, 2.05) is 42.6 Å². The van der Waals surface area contributed by atoms with Crippen LogP contribution in [0.15, 0.2) is 35.7 Å². The fourth-order valence-electron chi connectivity index (χ4n) is 2.89. The maximum Gasteiger partial charge on any atom is 0.263 e. The van der Waals surface area contributed by atoms with Crippen molar-refractivity contribution in [2.24, 2.45) is 5.92 Å². The topological polar surface area (TPSA) is 49.4 Å². The van der Waals surface area contributed by atoms with Crippen molar-refractivity contribution >= 4 is 40.4 Å². The molecule has 1 N–H and O–H groups in total. The van der Waals surface area contributed by atoms with Gasteiger partial charge in [-0.3, -0.25) is 9.59 Å². The van der Waals surface area contributed by atoms with Crippen molar-refractivity contribution < 1.29 is 9.59 Å². The summed E-state index contributed by atoms with van der Waals surface area (Å²) in [5.74, 6) is -0.277. The Morgan fingerprint density at radius 3 is 2.88 bits per heavy atom. The van der Waals surface area contributed by atoms with E-state index in [1.165, 1.54) is 11.3 Å². The summed E-state index contributed by atoms with van der Waals surface area (Å²) in [5.41, 5.74) is 1.66. The van der Waals surface area contributed by atoms with Gasteiger partial charge in [0.2, 0.25) is 5.91 Å². The van der Waals surface area contributed by atoms with E-state index in [-0.39, 0.29) is 17.7 Å². The van der Waals surface area contributed by atoms with E-state index in [0.717, 1.165) is 23.3 Å². The number of nitrogens with one attached hydrogen (secondary N) is 1. The summed E-state index contributed by atoms with van der Waals surface area (Å²) in [6.07, 6.45) is 1.61. The molecule has 0 unspecified atom stereocenters. The molecule has 0 spiro atoms. The summed E-state index contributed by atoms with van der Waals surface area (Å²) in [4.78, 5) is 27.5. The molecule has 0 radical (unpaired) electrons. The van der Waals surface area contributed by atoms with Crippen LogP contribution in [0.3, 0.4) is 0 Å². The molecule has 0 saturated carbocycles. The minimum Gasteiger partial charge on any atom is -0.337 e. The number of thiophene rings is 1. The van der Waals surface area contributed by atoms with Crippen LogP contribution in [-0.2, 0) is 4.79 Å². The smallest absolute Gasteiger partial charge is 0.263 e. The van der Waals surface area contributed by atoms with Crippen molar-refractivity contribution in [2.45, 2.75) is 19.8 Å². The van der Waals surface area contributed by atoms with E-state index in [2.05, 4.69) is 5.32 Å². The predicted molar refractivity (Wildman–Crippen MR) is 97.8 cm³/mol. The first kappa shape index (κ1) is 17.0. The highest BCUT2D eigenvalue weighted by Crippen LogP contribution is 2.26. The number of hydrogen-bond acceptors (Lipinski definition) is 3. The standard InChI is InChI=1S/C18H19ClN2O2S/c1-12-6-7-15(14(19)10-12)20-17(22)13-4-2-8-21(11-13)18(23)16-5-3-9-24-16/h3,5-7,9-10,13H,2,4,8,11H2,1H3,(H,20,22)/t13-/m0/s1. The molecule has 1 aliphatic rings. The van der Waals surface area contributed by atoms with Crippen LogP contribution in [-0.4, -0.2) is 29.8 Å². The van der Waals surface area contributed by atoms with Gasteiger partial charge in [0.1, 0.15) is 0 Å². The molecule has 6 heteroatoms. The number of benzene rings is 1. The van der Waals surface area contributed by atoms with Gasteiger partial charge in [0.25, 0.3) is 5.91 Å². The number of halogens is 1. The first-order chi connectivity index (χ1) is 11.5. The summed E-state index contributed by atoms with van der Waals surface area (Å²) in [7, 11) is 0. The molecule has 1 aromatic heterocycles. The van der Waals surface area contributed by atoms with E-state index in [1.54, 1.807) is 4.90 Å². The number of piperidine rings is 1. The molecule has 2 amide bonds. The molecule has 0 bridgehead atoms. The lowest BCUT2D eigenvalue weighted by molar-refractivity contribution is -0.121. The van der Waals surface area contributed by atoms with Gasteiger partial charge in [-0.15, -0.1) is 11.3 Å². The lowest BCUT2D eigenvalue weighted by Gasteiger charge is -2.31. The summed E-state index contributed by atoms with van der Waals surface area (Å²) in [5, 5.41) is 5.32. The minimum atomic E-state index is -0.208. The first-order valence-electron chi connectivity index (χ1n) is 7.94. The second-order valence-corrected chi connectivity index (χ2v) is 7.40. The number of rotatable bonds is 3. The van der Waals surface area contributed by atoms with Crippen molar-refractivity contribution in [3.05, 3.63) is 51.2 Å². The molecule has 1 aliphatic heterocycles. The minimum absolute atomic E-state index is 0.0101. The number of amides is 2. The van der Waals surface area contributed by atoms with Gasteiger partial charge in [-0.05, 0) is 48.9 Å². The third-order valence-corrected chi connectivity index (χ3v) is 5.36. The second-order valence-electron chi connectivity index (χ2n) is 6.04. The molecule has 1 fully saturated rings. The van der Waals surface area contributed by atoms with Gasteiger partial charge in [-0.25, -0.2) is 0 Å². The molecule has 1 atom stereocenters. The van der Waals surface area contributed by atoms with Crippen LogP contribution in [0.5, 0.6) is 0 Å². The van der Waals surface area contributed by atoms with Crippen molar-refractivity contribution in [1.82, 2.24) is 4.90 Å². The number of anilines is 1. The van der Waals surface area contributed by atoms with E-state index in [4.69, 9.17) is 11.6 Å². The maximum atomic E-state index is 12.6. The number of hydrogen-bond donors (Lipinski definition) is 1. The van der Waals surface area contributed by atoms with E-state index < -0.39 is 0 Å². The Morgan fingerprint density at radius 1 is 1.33 bits per heavy atom. The summed E-state index contributed by atoms with van der Waals surface area (Å²) in [6.45, 7) is 3.10. The number of aryl methyl sites for hydroxylation is 1. The predicted octanol–water partition coefficient (Wildman–Crippen LogP) is 4.20. The van der Waals surface area contributed by atoms with Gasteiger partial charge in [0.05, 0.1) is 21.5 Å². The average molecular weight is 363 g/mol. The van der Waals surface area contributed by atoms with Crippen LogP contribution in [0, 0.1) is 12.8 Å². The summed E-state index contributed by atoms with van der Waals surface area (Å²) >= 11 is 7.61. The van der Waals surface area contributed by atoms with Crippen LogP contribution in [0.25, 0.3) is 0 Å². The van der Waals surface area contributed by atoms with Crippen LogP contribution >= 0.6 is 22.9 Å². The zero-order valence-corrected chi connectivity index (χ0v) is 15.0. The Balaban J connectivity index is 1.65. The zero-order chi connectivity index (χ0) is 17.1. The van der Waals surface area contributed by atoms with Crippen molar-refractivity contribution in [3.63, 3.8) is 0 Å². The highest BCUT2D eigenvalue weighted by atomic mass is 35.5. The average Bonchev–Trinajstić information content (AvgIpc) is 3.11. The zero-order valence-electron chi connectivity index (χ0n) is 13.4. The molecule has 0 aliphatic carbocycles. The first-order valence-corrected chi connectivity index (χ1v) is 9.20. The molecular formula is C18H19ClN2O2S. The van der Waals surface area contributed by atoms with Crippen LogP contribution < -0.4 is 5.32 Å². The molecule has 1 saturated heterocycles. The summed E-state index contributed by atoms with van der Waals surface area (Å²) in [6, 6.07) is 9.24. The Hall–Kier alpha value is -1.85. The normalized spacial score (nSPS) is 17.6. The fourth-order valence-corrected chi connectivity index (χ4v) is 3.86. The SMILES string of the molecule is Cc1ccc(NC(=O)[C@H]2CCCN(C(=O)c3cccs3)C2)c(Cl)c1. The Bertz CT molecular complexity index is 745. The molecular weight excluding hydrogens is 344 g/mol. The van der Waals surface area contributed by atoms with Crippen molar-refractivity contribution in [3.8, 4) is 0 Å². The summed E-state index contributed by atoms with van der Waals surface area (Å²) < 4.78 is 0.